The fourth-order valence-corrected chi connectivity index (χ4v) is 1.22. The van der Waals surface area contributed by atoms with E-state index in [1.54, 1.807) is 24.5 Å². The van der Waals surface area contributed by atoms with E-state index < -0.39 is 5.82 Å². The van der Waals surface area contributed by atoms with Crippen LogP contribution in [0.3, 0.4) is 0 Å². The fourth-order valence-electron chi connectivity index (χ4n) is 1.22. The average molecular weight is 189 g/mol. The quantitative estimate of drug-likeness (QED) is 0.747. The number of phenolic OH excluding ortho intramolecular Hbond substituents is 1. The van der Waals surface area contributed by atoms with Crippen LogP contribution in [0.1, 0.15) is 0 Å². The third kappa shape index (κ3) is 1.57. The first-order valence-corrected chi connectivity index (χ1v) is 4.16. The maximum atomic E-state index is 13.0. The van der Waals surface area contributed by atoms with Crippen molar-refractivity contribution in [3.05, 3.63) is 48.5 Å². The monoisotopic (exact) mass is 189 g/mol. The summed E-state index contributed by atoms with van der Waals surface area (Å²) in [5.74, 6) is -0.955. The van der Waals surface area contributed by atoms with Gasteiger partial charge in [-0.05, 0) is 23.8 Å². The molecule has 1 aromatic heterocycles. The lowest BCUT2D eigenvalue weighted by molar-refractivity contribution is 0.432. The molecule has 0 saturated heterocycles. The highest BCUT2D eigenvalue weighted by Crippen LogP contribution is 2.23. The number of benzene rings is 1. The first-order chi connectivity index (χ1) is 6.77. The van der Waals surface area contributed by atoms with E-state index in [1.165, 1.54) is 12.1 Å². The lowest BCUT2D eigenvalue weighted by atomic mass is 10.1. The van der Waals surface area contributed by atoms with Crippen LogP contribution in [-0.4, -0.2) is 10.1 Å². The normalized spacial score (nSPS) is 10.1. The van der Waals surface area contributed by atoms with Crippen molar-refractivity contribution in [1.29, 1.82) is 0 Å². The van der Waals surface area contributed by atoms with Crippen molar-refractivity contribution in [2.45, 2.75) is 0 Å². The molecule has 1 aromatic carbocycles. The van der Waals surface area contributed by atoms with Gasteiger partial charge in [-0.1, -0.05) is 12.1 Å². The standard InChI is InChI=1S/C11H8FNO/c12-10-6-8(3-4-11(10)14)9-2-1-5-13-7-9/h1-7,14H. The maximum absolute atomic E-state index is 13.0. The lowest BCUT2D eigenvalue weighted by Gasteiger charge is -2.01. The molecule has 70 valence electrons. The zero-order valence-electron chi connectivity index (χ0n) is 7.31. The molecule has 0 aliphatic carbocycles. The van der Waals surface area contributed by atoms with Gasteiger partial charge >= 0.3 is 0 Å². The van der Waals surface area contributed by atoms with Gasteiger partial charge in [0.15, 0.2) is 11.6 Å². The van der Waals surface area contributed by atoms with Gasteiger partial charge in [-0.2, -0.15) is 0 Å². The molecule has 1 N–H and O–H groups in total. The Hall–Kier alpha value is -1.90. The first-order valence-electron chi connectivity index (χ1n) is 4.16. The molecule has 2 aromatic rings. The van der Waals surface area contributed by atoms with Crippen LogP contribution in [0.2, 0.25) is 0 Å². The van der Waals surface area contributed by atoms with Crippen LogP contribution in [0.5, 0.6) is 5.75 Å². The molecule has 2 rings (SSSR count). The van der Waals surface area contributed by atoms with E-state index in [0.717, 1.165) is 5.56 Å². The van der Waals surface area contributed by atoms with E-state index in [-0.39, 0.29) is 5.75 Å². The Morgan fingerprint density at radius 2 is 2.00 bits per heavy atom. The third-order valence-electron chi connectivity index (χ3n) is 1.94. The number of aromatic hydroxyl groups is 1. The van der Waals surface area contributed by atoms with Crippen LogP contribution >= 0.6 is 0 Å². The topological polar surface area (TPSA) is 33.1 Å². The molecule has 0 bridgehead atoms. The summed E-state index contributed by atoms with van der Waals surface area (Å²) in [6.45, 7) is 0. The first kappa shape index (κ1) is 8.69. The number of pyridine rings is 1. The Bertz CT molecular complexity index is 442. The summed E-state index contributed by atoms with van der Waals surface area (Å²) < 4.78 is 13.0. The van der Waals surface area contributed by atoms with Gasteiger partial charge in [-0.15, -0.1) is 0 Å². The second-order valence-electron chi connectivity index (χ2n) is 2.91. The average Bonchev–Trinajstić information content (AvgIpc) is 2.23. The molecule has 0 aliphatic heterocycles. The van der Waals surface area contributed by atoms with E-state index in [0.29, 0.717) is 5.56 Å². The van der Waals surface area contributed by atoms with Crippen LogP contribution in [0.25, 0.3) is 11.1 Å². The zero-order valence-corrected chi connectivity index (χ0v) is 7.31. The fraction of sp³-hybridized carbons (Fsp3) is 0. The highest BCUT2D eigenvalue weighted by Gasteiger charge is 2.02. The van der Waals surface area contributed by atoms with Gasteiger partial charge in [0.25, 0.3) is 0 Å². The molecule has 0 fully saturated rings. The number of nitrogens with zero attached hydrogens (tertiary/aromatic N) is 1. The third-order valence-corrected chi connectivity index (χ3v) is 1.94. The van der Waals surface area contributed by atoms with Gasteiger partial charge in [0.1, 0.15) is 0 Å². The Morgan fingerprint density at radius 3 is 2.64 bits per heavy atom. The smallest absolute Gasteiger partial charge is 0.165 e. The van der Waals surface area contributed by atoms with Gasteiger partial charge in [0.2, 0.25) is 0 Å². The van der Waals surface area contributed by atoms with Gasteiger partial charge in [-0.3, -0.25) is 4.98 Å². The predicted molar refractivity (Wildman–Crippen MR) is 51.3 cm³/mol. The highest BCUT2D eigenvalue weighted by atomic mass is 19.1. The Balaban J connectivity index is 2.48. The second-order valence-corrected chi connectivity index (χ2v) is 2.91. The summed E-state index contributed by atoms with van der Waals surface area (Å²) in [4.78, 5) is 3.93. The Labute approximate surface area is 80.7 Å². The van der Waals surface area contributed by atoms with Crippen LogP contribution < -0.4 is 0 Å². The Morgan fingerprint density at radius 1 is 1.14 bits per heavy atom. The minimum Gasteiger partial charge on any atom is -0.505 e. The minimum absolute atomic E-state index is 0.336. The molecule has 1 heterocycles. The predicted octanol–water partition coefficient (Wildman–Crippen LogP) is 2.59. The minimum atomic E-state index is -0.619. The number of phenols is 1. The van der Waals surface area contributed by atoms with E-state index >= 15 is 0 Å². The number of rotatable bonds is 1. The summed E-state index contributed by atoms with van der Waals surface area (Å²) in [5, 5.41) is 9.00. The molecule has 0 unspecified atom stereocenters. The van der Waals surface area contributed by atoms with E-state index in [9.17, 15) is 4.39 Å². The van der Waals surface area contributed by atoms with Crippen molar-refractivity contribution in [2.75, 3.05) is 0 Å². The van der Waals surface area contributed by atoms with Crippen LogP contribution in [0.15, 0.2) is 42.7 Å². The van der Waals surface area contributed by atoms with Gasteiger partial charge in [0.05, 0.1) is 0 Å². The summed E-state index contributed by atoms with van der Waals surface area (Å²) in [7, 11) is 0. The number of hydrogen-bond acceptors (Lipinski definition) is 2. The molecule has 0 amide bonds. The maximum Gasteiger partial charge on any atom is 0.165 e. The van der Waals surface area contributed by atoms with Crippen molar-refractivity contribution in [2.24, 2.45) is 0 Å². The summed E-state index contributed by atoms with van der Waals surface area (Å²) in [6, 6.07) is 7.87. The molecule has 14 heavy (non-hydrogen) atoms. The molecule has 0 radical (unpaired) electrons. The molecule has 2 nitrogen and oxygen atoms in total. The number of hydrogen-bond donors (Lipinski definition) is 1. The van der Waals surface area contributed by atoms with Crippen LogP contribution in [0, 0.1) is 5.82 Å². The molecular formula is C11H8FNO. The Kier molecular flexibility index (Phi) is 2.14. The van der Waals surface area contributed by atoms with Crippen molar-refractivity contribution in [1.82, 2.24) is 4.98 Å². The number of halogens is 1. The van der Waals surface area contributed by atoms with Crippen LogP contribution in [0.4, 0.5) is 4.39 Å². The van der Waals surface area contributed by atoms with Crippen molar-refractivity contribution < 1.29 is 9.50 Å². The molecular weight excluding hydrogens is 181 g/mol. The highest BCUT2D eigenvalue weighted by molar-refractivity contribution is 5.63. The molecule has 0 atom stereocenters. The van der Waals surface area contributed by atoms with E-state index in [4.69, 9.17) is 5.11 Å². The SMILES string of the molecule is Oc1ccc(-c2cccnc2)cc1F. The molecule has 0 aliphatic rings. The van der Waals surface area contributed by atoms with E-state index in [1.807, 2.05) is 6.07 Å². The van der Waals surface area contributed by atoms with Crippen molar-refractivity contribution in [3.8, 4) is 16.9 Å². The summed E-state index contributed by atoms with van der Waals surface area (Å²) in [5.41, 5.74) is 1.53. The van der Waals surface area contributed by atoms with Crippen LogP contribution in [-0.2, 0) is 0 Å². The second kappa shape index (κ2) is 3.46. The zero-order chi connectivity index (χ0) is 9.97. The lowest BCUT2D eigenvalue weighted by Crippen LogP contribution is -1.81. The molecule has 3 heteroatoms. The number of aromatic nitrogens is 1. The summed E-state index contributed by atoms with van der Waals surface area (Å²) in [6.07, 6.45) is 3.30. The van der Waals surface area contributed by atoms with Crippen molar-refractivity contribution >= 4 is 0 Å². The van der Waals surface area contributed by atoms with E-state index in [2.05, 4.69) is 4.98 Å². The van der Waals surface area contributed by atoms with Gasteiger partial charge in [0, 0.05) is 18.0 Å². The van der Waals surface area contributed by atoms with Crippen molar-refractivity contribution in [3.63, 3.8) is 0 Å². The van der Waals surface area contributed by atoms with Gasteiger partial charge in [-0.25, -0.2) is 4.39 Å². The summed E-state index contributed by atoms with van der Waals surface area (Å²) >= 11 is 0. The largest absolute Gasteiger partial charge is 0.505 e. The molecule has 0 spiro atoms. The van der Waals surface area contributed by atoms with Gasteiger partial charge < -0.3 is 5.11 Å². The molecule has 0 saturated carbocycles.